The summed E-state index contributed by atoms with van der Waals surface area (Å²) in [5.41, 5.74) is -0.584. The lowest BCUT2D eigenvalue weighted by Crippen LogP contribution is -2.51. The molecular formula is C15H16F3N2O2+. The molecule has 1 aromatic carbocycles. The lowest BCUT2D eigenvalue weighted by Gasteiger charge is -2.28. The van der Waals surface area contributed by atoms with Crippen molar-refractivity contribution < 1.29 is 27.9 Å². The zero-order valence-corrected chi connectivity index (χ0v) is 11.8. The molecule has 1 heterocycles. The Bertz CT molecular complexity index is 652. The second kappa shape index (κ2) is 5.30. The van der Waals surface area contributed by atoms with E-state index in [-0.39, 0.29) is 17.3 Å². The Morgan fingerprint density at radius 2 is 1.82 bits per heavy atom. The van der Waals surface area contributed by atoms with Crippen molar-refractivity contribution in [2.45, 2.75) is 43.9 Å². The number of halogens is 3. The maximum absolute atomic E-state index is 12.8. The highest BCUT2D eigenvalue weighted by Gasteiger charge is 2.45. The van der Waals surface area contributed by atoms with E-state index in [2.05, 4.69) is 0 Å². The van der Waals surface area contributed by atoms with Gasteiger partial charge in [-0.1, -0.05) is 6.07 Å². The number of benzene rings is 1. The Morgan fingerprint density at radius 1 is 1.14 bits per heavy atom. The fraction of sp³-hybridized carbons (Fsp3) is 0.467. The molecule has 22 heavy (non-hydrogen) atoms. The van der Waals surface area contributed by atoms with Crippen LogP contribution in [0.4, 0.5) is 13.2 Å². The summed E-state index contributed by atoms with van der Waals surface area (Å²) < 4.78 is 40.2. The topological polar surface area (TPSA) is 49.3 Å². The quantitative estimate of drug-likeness (QED) is 0.492. The largest absolute Gasteiger partial charge is 0.623 e. The van der Waals surface area contributed by atoms with E-state index in [1.54, 1.807) is 0 Å². The van der Waals surface area contributed by atoms with Gasteiger partial charge in [0.2, 0.25) is 6.04 Å². The number of hydrogen-bond donors (Lipinski definition) is 1. The van der Waals surface area contributed by atoms with Crippen molar-refractivity contribution >= 4 is 11.9 Å². The standard InChI is InChI=1S/C15H16F3N2O2/c16-15(17,18)11-5-3-4-10(8-11)14-9-19(21)12-6-1-2-7-13(12)20(14)22/h3-5,8-9,12-13,21H,1-2,6-7H2/q+1/t12-,13+/m0/s1. The van der Waals surface area contributed by atoms with Gasteiger partial charge < -0.3 is 5.21 Å². The van der Waals surface area contributed by atoms with Crippen LogP contribution in [0.1, 0.15) is 36.8 Å². The minimum atomic E-state index is -4.47. The lowest BCUT2D eigenvalue weighted by molar-refractivity contribution is -0.819. The van der Waals surface area contributed by atoms with E-state index in [0.29, 0.717) is 12.8 Å². The summed E-state index contributed by atoms with van der Waals surface area (Å²) in [6.45, 7) is 0. The molecule has 3 rings (SSSR count). The molecular weight excluding hydrogens is 297 g/mol. The SMILES string of the molecule is [O-][N+]1=C(c2cccc(C(F)(F)F)c2)C=[N+](O)[C@H]2CCCC[C@H]21. The predicted octanol–water partition coefficient (Wildman–Crippen LogP) is 2.80. The van der Waals surface area contributed by atoms with Crippen molar-refractivity contribution in [2.75, 3.05) is 0 Å². The van der Waals surface area contributed by atoms with E-state index < -0.39 is 17.8 Å². The number of fused-ring (bicyclic) bond motifs is 1. The predicted molar refractivity (Wildman–Crippen MR) is 73.3 cm³/mol. The monoisotopic (exact) mass is 313 g/mol. The molecule has 0 unspecified atom stereocenters. The Kier molecular flexibility index (Phi) is 3.58. The first-order valence-electron chi connectivity index (χ1n) is 7.21. The third-order valence-corrected chi connectivity index (χ3v) is 4.31. The average Bonchev–Trinajstić information content (AvgIpc) is 2.50. The fourth-order valence-electron chi connectivity index (χ4n) is 3.19. The highest BCUT2D eigenvalue weighted by Crippen LogP contribution is 2.30. The summed E-state index contributed by atoms with van der Waals surface area (Å²) >= 11 is 0. The van der Waals surface area contributed by atoms with Gasteiger partial charge >= 0.3 is 6.18 Å². The van der Waals surface area contributed by atoms with E-state index in [1.165, 1.54) is 18.3 Å². The normalized spacial score (nSPS) is 25.7. The first kappa shape index (κ1) is 14.9. The maximum Gasteiger partial charge on any atom is 0.416 e. The molecule has 0 bridgehead atoms. The second-order valence-corrected chi connectivity index (χ2v) is 5.72. The van der Waals surface area contributed by atoms with Crippen LogP contribution >= 0.6 is 0 Å². The summed E-state index contributed by atoms with van der Waals surface area (Å²) in [7, 11) is 0. The van der Waals surface area contributed by atoms with Gasteiger partial charge in [0.1, 0.15) is 0 Å². The van der Waals surface area contributed by atoms with Crippen LogP contribution in [0.5, 0.6) is 0 Å². The van der Waals surface area contributed by atoms with Crippen molar-refractivity contribution in [1.29, 1.82) is 0 Å². The Hall–Kier alpha value is -2.05. The van der Waals surface area contributed by atoms with Crippen LogP contribution in [0.2, 0.25) is 0 Å². The van der Waals surface area contributed by atoms with Crippen LogP contribution in [0.15, 0.2) is 24.3 Å². The molecule has 4 nitrogen and oxygen atoms in total. The molecule has 0 aromatic heterocycles. The highest BCUT2D eigenvalue weighted by molar-refractivity contribution is 6.34. The summed E-state index contributed by atoms with van der Waals surface area (Å²) in [6.07, 6.45) is -0.101. The Balaban J connectivity index is 2.04. The molecule has 1 aromatic rings. The zero-order chi connectivity index (χ0) is 15.9. The summed E-state index contributed by atoms with van der Waals surface area (Å²) in [4.78, 5) is 0. The van der Waals surface area contributed by atoms with Crippen molar-refractivity contribution in [3.63, 3.8) is 0 Å². The van der Waals surface area contributed by atoms with Crippen molar-refractivity contribution in [3.05, 3.63) is 40.6 Å². The summed E-state index contributed by atoms with van der Waals surface area (Å²) in [6, 6.07) is 3.90. The highest BCUT2D eigenvalue weighted by atomic mass is 19.4. The number of rotatable bonds is 1. The molecule has 2 aliphatic rings. The third kappa shape index (κ3) is 2.55. The van der Waals surface area contributed by atoms with Gasteiger partial charge in [0.05, 0.1) is 11.1 Å². The first-order chi connectivity index (χ1) is 10.4. The van der Waals surface area contributed by atoms with Gasteiger partial charge in [-0.15, -0.1) is 0 Å². The molecule has 1 N–H and O–H groups in total. The molecule has 2 atom stereocenters. The molecule has 1 aliphatic heterocycles. The Morgan fingerprint density at radius 3 is 2.50 bits per heavy atom. The first-order valence-corrected chi connectivity index (χ1v) is 7.21. The van der Waals surface area contributed by atoms with Gasteiger partial charge in [0.25, 0.3) is 18.0 Å². The van der Waals surface area contributed by atoms with E-state index in [4.69, 9.17) is 0 Å². The molecule has 1 aliphatic carbocycles. The van der Waals surface area contributed by atoms with Crippen LogP contribution in [-0.4, -0.2) is 38.7 Å². The van der Waals surface area contributed by atoms with E-state index in [1.807, 2.05) is 0 Å². The molecule has 7 heteroatoms. The van der Waals surface area contributed by atoms with Crippen LogP contribution < -0.4 is 0 Å². The van der Waals surface area contributed by atoms with Gasteiger partial charge in [0, 0.05) is 12.8 Å². The van der Waals surface area contributed by atoms with Crippen LogP contribution in [0.25, 0.3) is 0 Å². The lowest BCUT2D eigenvalue weighted by atomic mass is 9.89. The fourth-order valence-corrected chi connectivity index (χ4v) is 3.19. The van der Waals surface area contributed by atoms with Gasteiger partial charge in [-0.05, 0) is 35.8 Å². The van der Waals surface area contributed by atoms with Gasteiger partial charge in [-0.2, -0.15) is 17.9 Å². The van der Waals surface area contributed by atoms with Crippen molar-refractivity contribution in [3.8, 4) is 0 Å². The van der Waals surface area contributed by atoms with Crippen molar-refractivity contribution in [2.24, 2.45) is 0 Å². The minimum Gasteiger partial charge on any atom is -0.623 e. The number of hydroxylamine groups is 2. The van der Waals surface area contributed by atoms with E-state index in [9.17, 15) is 23.6 Å². The molecule has 118 valence electrons. The second-order valence-electron chi connectivity index (χ2n) is 5.72. The molecule has 0 saturated heterocycles. The number of alkyl halides is 3. The molecule has 1 fully saturated rings. The smallest absolute Gasteiger partial charge is 0.416 e. The zero-order valence-electron chi connectivity index (χ0n) is 11.8. The summed E-state index contributed by atoms with van der Waals surface area (Å²) in [5.74, 6) is 0. The third-order valence-electron chi connectivity index (χ3n) is 4.31. The minimum absolute atomic E-state index is 0.0664. The molecule has 0 spiro atoms. The average molecular weight is 313 g/mol. The van der Waals surface area contributed by atoms with Crippen molar-refractivity contribution in [1.82, 2.24) is 0 Å². The molecule has 0 amide bonds. The number of nitrogens with zero attached hydrogens (tertiary/aromatic N) is 2. The van der Waals surface area contributed by atoms with Crippen LogP contribution in [0.3, 0.4) is 0 Å². The van der Waals surface area contributed by atoms with Gasteiger partial charge in [0.15, 0.2) is 0 Å². The van der Waals surface area contributed by atoms with Gasteiger partial charge in [-0.25, -0.2) is 0 Å². The molecule has 0 radical (unpaired) electrons. The molecule has 1 saturated carbocycles. The Labute approximate surface area is 125 Å². The summed E-state index contributed by atoms with van der Waals surface area (Å²) in [5, 5.41) is 22.5. The van der Waals surface area contributed by atoms with E-state index in [0.717, 1.165) is 34.5 Å². The van der Waals surface area contributed by atoms with Crippen LogP contribution in [0, 0.1) is 5.21 Å². The number of hydrogen-bond acceptors (Lipinski definition) is 2. The van der Waals surface area contributed by atoms with Crippen LogP contribution in [-0.2, 0) is 6.18 Å². The van der Waals surface area contributed by atoms with E-state index >= 15 is 0 Å². The maximum atomic E-state index is 12.8. The van der Waals surface area contributed by atoms with Gasteiger partial charge in [-0.3, -0.25) is 5.21 Å².